The molecule has 1 atom stereocenters. The first-order valence-corrected chi connectivity index (χ1v) is 10.0. The molecule has 0 spiro atoms. The second-order valence-corrected chi connectivity index (χ2v) is 9.33. The number of rotatable bonds is 6. The molecule has 0 aliphatic heterocycles. The fraction of sp³-hybridized carbons (Fsp3) is 0.250. The van der Waals surface area contributed by atoms with Gasteiger partial charge in [0.25, 0.3) is 0 Å². The molecule has 0 saturated heterocycles. The Morgan fingerprint density at radius 2 is 2.00 bits per heavy atom. The van der Waals surface area contributed by atoms with Crippen molar-refractivity contribution < 1.29 is 13.2 Å². The molecule has 1 aromatic carbocycles. The highest BCUT2D eigenvalue weighted by atomic mass is 35.5. The first kappa shape index (κ1) is 19.7. The van der Waals surface area contributed by atoms with Crippen molar-refractivity contribution in [1.82, 2.24) is 9.29 Å². The van der Waals surface area contributed by atoms with Crippen molar-refractivity contribution in [1.29, 1.82) is 0 Å². The smallest absolute Gasteiger partial charge is 0.244 e. The van der Waals surface area contributed by atoms with Crippen molar-refractivity contribution in [3.63, 3.8) is 0 Å². The average Bonchev–Trinajstić information content (AvgIpc) is 2.55. The second-order valence-electron chi connectivity index (χ2n) is 5.38. The number of aromatic nitrogens is 1. The highest BCUT2D eigenvalue weighted by molar-refractivity contribution is 8.00. The topological polar surface area (TPSA) is 79.4 Å². The molecule has 1 aromatic heterocycles. The zero-order valence-electron chi connectivity index (χ0n) is 13.9. The van der Waals surface area contributed by atoms with E-state index in [9.17, 15) is 13.2 Å². The van der Waals surface area contributed by atoms with Gasteiger partial charge < -0.3 is 5.32 Å². The Balaban J connectivity index is 2.03. The SMILES string of the molecule is C[C@@H](Sc1ccc(S(=O)(=O)N(C)C)cn1)C(=O)Nc1cccc(Cl)c1. The van der Waals surface area contributed by atoms with Gasteiger partial charge >= 0.3 is 0 Å². The minimum absolute atomic E-state index is 0.109. The third-order valence-corrected chi connectivity index (χ3v) is 6.33. The van der Waals surface area contributed by atoms with Crippen molar-refractivity contribution in [2.45, 2.75) is 22.1 Å². The minimum Gasteiger partial charge on any atom is -0.325 e. The Kier molecular flexibility index (Phi) is 6.45. The summed E-state index contributed by atoms with van der Waals surface area (Å²) in [5.41, 5.74) is 0.616. The lowest BCUT2D eigenvalue weighted by Crippen LogP contribution is -2.23. The molecule has 0 aliphatic carbocycles. The van der Waals surface area contributed by atoms with Gasteiger partial charge in [0.05, 0.1) is 10.3 Å². The number of carbonyl (C=O) groups excluding carboxylic acids is 1. The normalized spacial score (nSPS) is 12.8. The van der Waals surface area contributed by atoms with E-state index in [4.69, 9.17) is 11.6 Å². The molecule has 134 valence electrons. The monoisotopic (exact) mass is 399 g/mol. The van der Waals surface area contributed by atoms with Gasteiger partial charge in [0.15, 0.2) is 0 Å². The van der Waals surface area contributed by atoms with Crippen LogP contribution in [0.25, 0.3) is 0 Å². The van der Waals surface area contributed by atoms with Gasteiger partial charge in [-0.25, -0.2) is 17.7 Å². The van der Waals surface area contributed by atoms with E-state index >= 15 is 0 Å². The minimum atomic E-state index is -3.51. The number of nitrogens with one attached hydrogen (secondary N) is 1. The van der Waals surface area contributed by atoms with Crippen LogP contribution in [0.15, 0.2) is 52.5 Å². The predicted octanol–water partition coefficient (Wildman–Crippen LogP) is 3.10. The summed E-state index contributed by atoms with van der Waals surface area (Å²) >= 11 is 7.13. The Morgan fingerprint density at radius 3 is 2.56 bits per heavy atom. The van der Waals surface area contributed by atoms with Crippen LogP contribution in [-0.4, -0.2) is 43.0 Å². The molecule has 1 heterocycles. The largest absolute Gasteiger partial charge is 0.325 e. The Bertz CT molecular complexity index is 855. The average molecular weight is 400 g/mol. The number of carbonyl (C=O) groups is 1. The fourth-order valence-corrected chi connectivity index (χ4v) is 3.67. The second kappa shape index (κ2) is 8.18. The molecule has 1 amide bonds. The highest BCUT2D eigenvalue weighted by Gasteiger charge is 2.19. The molecule has 0 unspecified atom stereocenters. The van der Waals surface area contributed by atoms with Gasteiger partial charge in [0.1, 0.15) is 4.90 Å². The van der Waals surface area contributed by atoms with Gasteiger partial charge in [0, 0.05) is 31.0 Å². The van der Waals surface area contributed by atoms with Crippen molar-refractivity contribution in [3.8, 4) is 0 Å². The number of benzene rings is 1. The van der Waals surface area contributed by atoms with Gasteiger partial charge in [-0.2, -0.15) is 0 Å². The number of hydrogen-bond acceptors (Lipinski definition) is 5. The molecular formula is C16H18ClN3O3S2. The van der Waals surface area contributed by atoms with E-state index in [-0.39, 0.29) is 10.8 Å². The maximum Gasteiger partial charge on any atom is 0.244 e. The summed E-state index contributed by atoms with van der Waals surface area (Å²) in [6, 6.07) is 9.96. The van der Waals surface area contributed by atoms with Crippen molar-refractivity contribution >= 4 is 45.0 Å². The summed E-state index contributed by atoms with van der Waals surface area (Å²) in [7, 11) is -0.596. The molecule has 2 aromatic rings. The predicted molar refractivity (Wildman–Crippen MR) is 101 cm³/mol. The molecule has 0 bridgehead atoms. The number of nitrogens with zero attached hydrogens (tertiary/aromatic N) is 2. The third-order valence-electron chi connectivity index (χ3n) is 3.25. The van der Waals surface area contributed by atoms with Gasteiger partial charge in [-0.1, -0.05) is 29.4 Å². The first-order chi connectivity index (χ1) is 11.7. The summed E-state index contributed by atoms with van der Waals surface area (Å²) < 4.78 is 25.1. The Hall–Kier alpha value is -1.61. The highest BCUT2D eigenvalue weighted by Crippen LogP contribution is 2.24. The molecule has 0 fully saturated rings. The summed E-state index contributed by atoms with van der Waals surface area (Å²) in [5.74, 6) is -0.195. The number of pyridine rings is 1. The number of hydrogen-bond donors (Lipinski definition) is 1. The van der Waals surface area contributed by atoms with Crippen molar-refractivity contribution in [3.05, 3.63) is 47.6 Å². The van der Waals surface area contributed by atoms with Crippen molar-refractivity contribution in [2.75, 3.05) is 19.4 Å². The lowest BCUT2D eigenvalue weighted by Gasteiger charge is -2.13. The van der Waals surface area contributed by atoms with Gasteiger partial charge in [-0.15, -0.1) is 0 Å². The van der Waals surface area contributed by atoms with Gasteiger partial charge in [-0.05, 0) is 37.3 Å². The zero-order chi connectivity index (χ0) is 18.6. The van der Waals surface area contributed by atoms with E-state index in [1.165, 1.54) is 38.1 Å². The maximum absolute atomic E-state index is 12.2. The summed E-state index contributed by atoms with van der Waals surface area (Å²) in [6.45, 7) is 1.75. The van der Waals surface area contributed by atoms with E-state index in [0.29, 0.717) is 15.7 Å². The number of thioether (sulfide) groups is 1. The molecule has 1 N–H and O–H groups in total. The van der Waals surface area contributed by atoms with Crippen LogP contribution in [0.2, 0.25) is 5.02 Å². The van der Waals surface area contributed by atoms with Crippen LogP contribution in [0.5, 0.6) is 0 Å². The van der Waals surface area contributed by atoms with Crippen LogP contribution in [0.3, 0.4) is 0 Å². The van der Waals surface area contributed by atoms with E-state index in [1.54, 1.807) is 37.3 Å². The van der Waals surface area contributed by atoms with E-state index in [1.807, 2.05) is 0 Å². The standard InChI is InChI=1S/C16H18ClN3O3S2/c1-11(16(21)19-13-6-4-5-12(17)9-13)24-15-8-7-14(10-18-15)25(22,23)20(2)3/h4-11H,1-3H3,(H,19,21)/t11-/m1/s1. The van der Waals surface area contributed by atoms with E-state index in [0.717, 1.165) is 4.31 Å². The molecule has 9 heteroatoms. The summed E-state index contributed by atoms with van der Waals surface area (Å²) in [6.07, 6.45) is 1.29. The third kappa shape index (κ3) is 5.18. The molecule has 0 aliphatic rings. The first-order valence-electron chi connectivity index (χ1n) is 7.32. The lowest BCUT2D eigenvalue weighted by molar-refractivity contribution is -0.115. The van der Waals surface area contributed by atoms with Crippen LogP contribution in [0.1, 0.15) is 6.92 Å². The number of amides is 1. The molecule has 25 heavy (non-hydrogen) atoms. The number of halogens is 1. The molecule has 0 saturated carbocycles. The summed E-state index contributed by atoms with van der Waals surface area (Å²) in [5, 5.41) is 3.47. The van der Waals surface area contributed by atoms with Gasteiger partial charge in [0.2, 0.25) is 15.9 Å². The van der Waals surface area contributed by atoms with Crippen LogP contribution < -0.4 is 5.32 Å². The zero-order valence-corrected chi connectivity index (χ0v) is 16.3. The van der Waals surface area contributed by atoms with E-state index < -0.39 is 15.3 Å². The van der Waals surface area contributed by atoms with Crippen molar-refractivity contribution in [2.24, 2.45) is 0 Å². The van der Waals surface area contributed by atoms with Crippen LogP contribution >= 0.6 is 23.4 Å². The Labute approximate surface area is 156 Å². The number of anilines is 1. The lowest BCUT2D eigenvalue weighted by atomic mass is 10.3. The van der Waals surface area contributed by atoms with Gasteiger partial charge in [-0.3, -0.25) is 4.79 Å². The molecule has 2 rings (SSSR count). The molecule has 0 radical (unpaired) electrons. The quantitative estimate of drug-likeness (QED) is 0.755. The van der Waals surface area contributed by atoms with Crippen LogP contribution in [-0.2, 0) is 14.8 Å². The van der Waals surface area contributed by atoms with Crippen LogP contribution in [0, 0.1) is 0 Å². The van der Waals surface area contributed by atoms with E-state index in [2.05, 4.69) is 10.3 Å². The fourth-order valence-electron chi connectivity index (χ4n) is 1.84. The maximum atomic E-state index is 12.2. The Morgan fingerprint density at radius 1 is 1.28 bits per heavy atom. The molecular weight excluding hydrogens is 382 g/mol. The number of sulfonamides is 1. The molecule has 6 nitrogen and oxygen atoms in total. The van der Waals surface area contributed by atoms with Crippen LogP contribution in [0.4, 0.5) is 5.69 Å². The summed E-state index contributed by atoms with van der Waals surface area (Å²) in [4.78, 5) is 16.5.